The normalized spacial score (nSPS) is 11.1. The minimum Gasteiger partial charge on any atom is -0.338 e. The van der Waals surface area contributed by atoms with E-state index in [0.29, 0.717) is 10.6 Å². The van der Waals surface area contributed by atoms with Crippen LogP contribution in [0.1, 0.15) is 10.4 Å². The summed E-state index contributed by atoms with van der Waals surface area (Å²) in [4.78, 5) is 19.6. The summed E-state index contributed by atoms with van der Waals surface area (Å²) in [6, 6.07) is 16.9. The van der Waals surface area contributed by atoms with Gasteiger partial charge in [-0.15, -0.1) is 0 Å². The standard InChI is InChI=1S/C18H13ClN4O/c19-14-6-2-3-11-12(14)4-1-5-13(11)17-21-15-8-7-10(18(24)23-20)9-16(15)22-17/h1-9H,20H2,(H,21,22)(H,23,24). The first-order chi connectivity index (χ1) is 11.7. The fourth-order valence-corrected chi connectivity index (χ4v) is 3.08. The van der Waals surface area contributed by atoms with E-state index in [1.807, 2.05) is 36.4 Å². The molecule has 0 atom stereocenters. The molecule has 4 aromatic rings. The number of nitrogens with one attached hydrogen (secondary N) is 2. The highest BCUT2D eigenvalue weighted by molar-refractivity contribution is 6.35. The maximum Gasteiger partial charge on any atom is 0.265 e. The number of aromatic amines is 1. The van der Waals surface area contributed by atoms with Crippen LogP contribution in [-0.4, -0.2) is 15.9 Å². The molecule has 1 amide bonds. The van der Waals surface area contributed by atoms with Gasteiger partial charge >= 0.3 is 0 Å². The van der Waals surface area contributed by atoms with Crippen molar-refractivity contribution in [3.63, 3.8) is 0 Å². The van der Waals surface area contributed by atoms with Crippen molar-refractivity contribution in [1.29, 1.82) is 0 Å². The van der Waals surface area contributed by atoms with E-state index in [1.165, 1.54) is 0 Å². The number of halogens is 1. The van der Waals surface area contributed by atoms with Gasteiger partial charge in [-0.25, -0.2) is 10.8 Å². The molecular weight excluding hydrogens is 324 g/mol. The number of imidazole rings is 1. The van der Waals surface area contributed by atoms with Gasteiger partial charge in [-0.05, 0) is 29.7 Å². The van der Waals surface area contributed by atoms with Crippen molar-refractivity contribution in [2.75, 3.05) is 0 Å². The lowest BCUT2D eigenvalue weighted by molar-refractivity contribution is 0.0954. The van der Waals surface area contributed by atoms with Crippen LogP contribution in [-0.2, 0) is 0 Å². The van der Waals surface area contributed by atoms with Crippen LogP contribution in [0.4, 0.5) is 0 Å². The summed E-state index contributed by atoms with van der Waals surface area (Å²) in [5, 5.41) is 2.69. The molecule has 6 heteroatoms. The largest absolute Gasteiger partial charge is 0.338 e. The number of nitrogen functional groups attached to an aromatic ring is 1. The third kappa shape index (κ3) is 2.31. The van der Waals surface area contributed by atoms with Gasteiger partial charge in [0, 0.05) is 21.5 Å². The molecule has 0 aliphatic carbocycles. The Morgan fingerprint density at radius 1 is 1.08 bits per heavy atom. The number of rotatable bonds is 2. The first kappa shape index (κ1) is 14.7. The van der Waals surface area contributed by atoms with Gasteiger partial charge in [-0.3, -0.25) is 10.2 Å². The molecule has 4 N–H and O–H groups in total. The van der Waals surface area contributed by atoms with Crippen LogP contribution in [0.15, 0.2) is 54.6 Å². The SMILES string of the molecule is NNC(=O)c1ccc2nc(-c3cccc4c(Cl)cccc34)[nH]c2c1. The molecule has 0 radical (unpaired) electrons. The number of nitrogens with zero attached hydrogens (tertiary/aromatic N) is 1. The molecule has 0 aliphatic rings. The number of nitrogens with two attached hydrogens (primary N) is 1. The lowest BCUT2D eigenvalue weighted by atomic mass is 10.0. The van der Waals surface area contributed by atoms with Gasteiger partial charge < -0.3 is 4.98 Å². The van der Waals surface area contributed by atoms with Crippen molar-refractivity contribution in [3.05, 3.63) is 65.2 Å². The molecule has 1 heterocycles. The first-order valence-corrected chi connectivity index (χ1v) is 7.73. The predicted octanol–water partition coefficient (Wildman–Crippen LogP) is 3.64. The summed E-state index contributed by atoms with van der Waals surface area (Å²) in [5.74, 6) is 5.57. The summed E-state index contributed by atoms with van der Waals surface area (Å²) >= 11 is 6.28. The second kappa shape index (κ2) is 5.63. The lowest BCUT2D eigenvalue weighted by Crippen LogP contribution is -2.29. The Kier molecular flexibility index (Phi) is 3.45. The van der Waals surface area contributed by atoms with Crippen LogP contribution in [0, 0.1) is 0 Å². The topological polar surface area (TPSA) is 83.8 Å². The summed E-state index contributed by atoms with van der Waals surface area (Å²) < 4.78 is 0. The third-order valence-corrected chi connectivity index (χ3v) is 4.33. The maximum absolute atomic E-state index is 11.7. The van der Waals surface area contributed by atoms with Gasteiger partial charge in [0.05, 0.1) is 11.0 Å². The van der Waals surface area contributed by atoms with Crippen molar-refractivity contribution in [3.8, 4) is 11.4 Å². The smallest absolute Gasteiger partial charge is 0.265 e. The van der Waals surface area contributed by atoms with Crippen LogP contribution in [0.3, 0.4) is 0 Å². The Morgan fingerprint density at radius 3 is 2.71 bits per heavy atom. The third-order valence-electron chi connectivity index (χ3n) is 4.00. The molecular formula is C18H13ClN4O. The molecule has 0 aliphatic heterocycles. The first-order valence-electron chi connectivity index (χ1n) is 7.36. The average molecular weight is 337 g/mol. The Bertz CT molecular complexity index is 1090. The van der Waals surface area contributed by atoms with E-state index in [-0.39, 0.29) is 5.91 Å². The molecule has 0 unspecified atom stereocenters. The average Bonchev–Trinajstić information content (AvgIpc) is 3.04. The molecule has 0 saturated carbocycles. The number of hydrogen-bond acceptors (Lipinski definition) is 3. The summed E-state index contributed by atoms with van der Waals surface area (Å²) in [5.41, 5.74) is 5.10. The van der Waals surface area contributed by atoms with Gasteiger partial charge in [0.2, 0.25) is 0 Å². The van der Waals surface area contributed by atoms with Crippen molar-refractivity contribution in [2.24, 2.45) is 5.84 Å². The molecule has 0 saturated heterocycles. The number of aromatic nitrogens is 2. The van der Waals surface area contributed by atoms with E-state index in [4.69, 9.17) is 17.4 Å². The summed E-state index contributed by atoms with van der Waals surface area (Å²) in [6.07, 6.45) is 0. The monoisotopic (exact) mass is 336 g/mol. The quantitative estimate of drug-likeness (QED) is 0.297. The Hall–Kier alpha value is -2.89. The molecule has 0 spiro atoms. The van der Waals surface area contributed by atoms with E-state index in [2.05, 4.69) is 15.4 Å². The molecule has 4 rings (SSSR count). The van der Waals surface area contributed by atoms with Gasteiger partial charge in [0.1, 0.15) is 5.82 Å². The van der Waals surface area contributed by atoms with Gasteiger partial charge in [-0.2, -0.15) is 0 Å². The van der Waals surface area contributed by atoms with E-state index in [9.17, 15) is 4.79 Å². The fraction of sp³-hybridized carbons (Fsp3) is 0. The van der Waals surface area contributed by atoms with Crippen LogP contribution < -0.4 is 11.3 Å². The highest BCUT2D eigenvalue weighted by Gasteiger charge is 2.12. The van der Waals surface area contributed by atoms with Crippen molar-refractivity contribution < 1.29 is 4.79 Å². The molecule has 24 heavy (non-hydrogen) atoms. The number of H-pyrrole nitrogens is 1. The number of carbonyl (C=O) groups is 1. The zero-order chi connectivity index (χ0) is 16.7. The summed E-state index contributed by atoms with van der Waals surface area (Å²) in [7, 11) is 0. The number of amides is 1. The predicted molar refractivity (Wildman–Crippen MR) is 95.7 cm³/mol. The minimum atomic E-state index is -0.343. The second-order valence-corrected chi connectivity index (χ2v) is 5.84. The molecule has 3 aromatic carbocycles. The van der Waals surface area contributed by atoms with E-state index < -0.39 is 0 Å². The number of hydrazine groups is 1. The van der Waals surface area contributed by atoms with Gasteiger partial charge in [-0.1, -0.05) is 41.9 Å². The van der Waals surface area contributed by atoms with Gasteiger partial charge in [0.25, 0.3) is 5.91 Å². The van der Waals surface area contributed by atoms with Crippen LogP contribution >= 0.6 is 11.6 Å². The Morgan fingerprint density at radius 2 is 1.88 bits per heavy atom. The molecule has 0 bridgehead atoms. The number of carbonyl (C=O) groups excluding carboxylic acids is 1. The van der Waals surface area contributed by atoms with E-state index in [1.54, 1.807) is 18.2 Å². The summed E-state index contributed by atoms with van der Waals surface area (Å²) in [6.45, 7) is 0. The number of benzene rings is 3. The van der Waals surface area contributed by atoms with Crippen molar-refractivity contribution >= 4 is 39.3 Å². The fourth-order valence-electron chi connectivity index (χ4n) is 2.84. The highest BCUT2D eigenvalue weighted by atomic mass is 35.5. The van der Waals surface area contributed by atoms with E-state index in [0.717, 1.165) is 33.2 Å². The van der Waals surface area contributed by atoms with Crippen molar-refractivity contribution in [2.45, 2.75) is 0 Å². The zero-order valence-electron chi connectivity index (χ0n) is 12.5. The van der Waals surface area contributed by atoms with Gasteiger partial charge in [0.15, 0.2) is 0 Å². The Labute approximate surface area is 142 Å². The molecule has 118 valence electrons. The number of fused-ring (bicyclic) bond motifs is 2. The van der Waals surface area contributed by atoms with Crippen LogP contribution in [0.5, 0.6) is 0 Å². The molecule has 0 fully saturated rings. The minimum absolute atomic E-state index is 0.343. The lowest BCUT2D eigenvalue weighted by Gasteiger charge is -2.05. The van der Waals surface area contributed by atoms with Crippen molar-refractivity contribution in [1.82, 2.24) is 15.4 Å². The number of hydrogen-bond donors (Lipinski definition) is 3. The van der Waals surface area contributed by atoms with Crippen LogP contribution in [0.2, 0.25) is 5.02 Å². The van der Waals surface area contributed by atoms with Crippen LogP contribution in [0.25, 0.3) is 33.2 Å². The Balaban J connectivity index is 1.91. The zero-order valence-corrected chi connectivity index (χ0v) is 13.3. The second-order valence-electron chi connectivity index (χ2n) is 5.43. The maximum atomic E-state index is 11.7. The van der Waals surface area contributed by atoms with E-state index >= 15 is 0 Å². The molecule has 1 aromatic heterocycles. The highest BCUT2D eigenvalue weighted by Crippen LogP contribution is 2.32. The molecule has 5 nitrogen and oxygen atoms in total.